The zero-order chi connectivity index (χ0) is 27.9. The van der Waals surface area contributed by atoms with Crippen molar-refractivity contribution >= 4 is 23.3 Å². The lowest BCUT2D eigenvalue weighted by Gasteiger charge is -2.61. The van der Waals surface area contributed by atoms with Crippen LogP contribution in [-0.2, 0) is 19.2 Å². The van der Waals surface area contributed by atoms with E-state index in [0.29, 0.717) is 30.4 Å². The number of ketones is 3. The Morgan fingerprint density at radius 2 is 1.65 bits per heavy atom. The van der Waals surface area contributed by atoms with E-state index in [4.69, 9.17) is 0 Å². The lowest BCUT2D eigenvalue weighted by Crippen LogP contribution is -2.60. The Kier molecular flexibility index (Phi) is 6.72. The van der Waals surface area contributed by atoms with Crippen molar-refractivity contribution in [1.29, 1.82) is 0 Å². The second-order valence-corrected chi connectivity index (χ2v) is 13.9. The summed E-state index contributed by atoms with van der Waals surface area (Å²) >= 11 is 0. The minimum absolute atomic E-state index is 0.00871. The predicted octanol–water partition coefficient (Wildman–Crippen LogP) is 4.13. The summed E-state index contributed by atoms with van der Waals surface area (Å²) in [5, 5.41) is 31.6. The van der Waals surface area contributed by atoms with Gasteiger partial charge in [-0.15, -0.1) is 0 Å². The van der Waals surface area contributed by atoms with Gasteiger partial charge in [0.05, 0.1) is 23.5 Å². The van der Waals surface area contributed by atoms with Gasteiger partial charge in [0.1, 0.15) is 11.6 Å². The van der Waals surface area contributed by atoms with E-state index in [2.05, 4.69) is 6.92 Å². The average Bonchev–Trinajstić information content (AvgIpc) is 2.99. The van der Waals surface area contributed by atoms with Gasteiger partial charge < -0.3 is 15.3 Å². The first-order valence-electron chi connectivity index (χ1n) is 13.8. The van der Waals surface area contributed by atoms with Crippen LogP contribution < -0.4 is 0 Å². The SMILES string of the molecule is C[C@H](CC(=O)C[C@H](C)[C@@H]1CC(=O)[C@]2(C)C3=C(C(=O)C[C@]12C)[C@]1(C)CC[C@H](O)C(C)(C)[C@@H]1C[C@@H]3O)C(=O)O. The van der Waals surface area contributed by atoms with E-state index in [1.54, 1.807) is 0 Å². The van der Waals surface area contributed by atoms with Crippen molar-refractivity contribution in [3.8, 4) is 0 Å². The molecule has 9 atom stereocenters. The molecule has 0 saturated heterocycles. The van der Waals surface area contributed by atoms with Crippen LogP contribution in [0.5, 0.6) is 0 Å². The van der Waals surface area contributed by atoms with E-state index >= 15 is 0 Å². The maximum atomic E-state index is 14.1. The Morgan fingerprint density at radius 1 is 1.03 bits per heavy atom. The number of hydrogen-bond donors (Lipinski definition) is 3. The smallest absolute Gasteiger partial charge is 0.306 e. The van der Waals surface area contributed by atoms with E-state index < -0.39 is 45.8 Å². The molecule has 2 saturated carbocycles. The minimum atomic E-state index is -1.01. The molecule has 0 amide bonds. The molecular weight excluding hydrogens is 472 g/mol. The molecule has 4 aliphatic carbocycles. The molecule has 0 unspecified atom stereocenters. The van der Waals surface area contributed by atoms with Crippen LogP contribution in [0.1, 0.15) is 93.4 Å². The molecule has 0 spiro atoms. The molecule has 4 rings (SSSR count). The number of fused-ring (bicyclic) bond motifs is 4. The molecule has 3 N–H and O–H groups in total. The van der Waals surface area contributed by atoms with Gasteiger partial charge in [0.25, 0.3) is 0 Å². The van der Waals surface area contributed by atoms with Gasteiger partial charge in [-0.2, -0.15) is 0 Å². The maximum absolute atomic E-state index is 14.1. The van der Waals surface area contributed by atoms with Crippen molar-refractivity contribution in [2.45, 2.75) is 106 Å². The monoisotopic (exact) mass is 516 g/mol. The Morgan fingerprint density at radius 3 is 2.24 bits per heavy atom. The molecule has 0 bridgehead atoms. The van der Waals surface area contributed by atoms with Crippen molar-refractivity contribution in [2.75, 3.05) is 0 Å². The van der Waals surface area contributed by atoms with Gasteiger partial charge in [0, 0.05) is 31.3 Å². The highest BCUT2D eigenvalue weighted by Gasteiger charge is 2.70. The Hall–Kier alpha value is -1.86. The Bertz CT molecular complexity index is 1070. The Labute approximate surface area is 220 Å². The van der Waals surface area contributed by atoms with Gasteiger partial charge in [-0.3, -0.25) is 19.2 Å². The molecule has 0 radical (unpaired) electrons. The lowest BCUT2D eigenvalue weighted by molar-refractivity contribution is -0.144. The predicted molar refractivity (Wildman–Crippen MR) is 137 cm³/mol. The van der Waals surface area contributed by atoms with E-state index in [0.717, 1.165) is 0 Å². The summed E-state index contributed by atoms with van der Waals surface area (Å²) in [6.07, 6.45) is 0.671. The number of aliphatic hydroxyl groups excluding tert-OH is 2. The van der Waals surface area contributed by atoms with Crippen LogP contribution in [0, 0.1) is 45.3 Å². The van der Waals surface area contributed by atoms with Gasteiger partial charge >= 0.3 is 5.97 Å². The first-order valence-corrected chi connectivity index (χ1v) is 13.8. The zero-order valence-electron chi connectivity index (χ0n) is 23.4. The molecule has 0 aliphatic heterocycles. The summed E-state index contributed by atoms with van der Waals surface area (Å²) in [4.78, 5) is 51.9. The number of allylic oxidation sites excluding steroid dienone is 1. The lowest BCUT2D eigenvalue weighted by atomic mass is 9.42. The van der Waals surface area contributed by atoms with Gasteiger partial charge in [0.15, 0.2) is 5.78 Å². The standard InChI is InChI=1S/C30H44O7/c1-15(10-17(31)11-16(2)26(36)37)18-12-23(35)30(7)25-19(32)13-21-27(3,4)22(34)8-9-28(21,5)24(25)20(33)14-29(18,30)6/h15-16,18-19,21-22,32,34H,8-14H2,1-7H3,(H,36,37)/t15-,16+,18-,19-,21-,22-,28+,29+,30+/m0/s1. The largest absolute Gasteiger partial charge is 0.481 e. The highest BCUT2D eigenvalue weighted by atomic mass is 16.4. The Balaban J connectivity index is 1.74. The number of carbonyl (C=O) groups is 4. The van der Waals surface area contributed by atoms with Crippen molar-refractivity contribution in [3.63, 3.8) is 0 Å². The summed E-state index contributed by atoms with van der Waals surface area (Å²) in [6, 6.07) is 0. The molecule has 0 aromatic heterocycles. The number of aliphatic hydroxyl groups is 2. The van der Waals surface area contributed by atoms with Crippen molar-refractivity contribution in [3.05, 3.63) is 11.1 Å². The molecule has 4 aliphatic rings. The first-order chi connectivity index (χ1) is 16.9. The van der Waals surface area contributed by atoms with Crippen molar-refractivity contribution in [1.82, 2.24) is 0 Å². The summed E-state index contributed by atoms with van der Waals surface area (Å²) in [6.45, 7) is 13.4. The molecule has 7 nitrogen and oxygen atoms in total. The van der Waals surface area contributed by atoms with E-state index in [9.17, 15) is 34.5 Å². The third-order valence-electron chi connectivity index (χ3n) is 11.6. The third-order valence-corrected chi connectivity index (χ3v) is 11.6. The quantitative estimate of drug-likeness (QED) is 0.484. The zero-order valence-corrected chi connectivity index (χ0v) is 23.4. The van der Waals surface area contributed by atoms with E-state index in [1.807, 2.05) is 34.6 Å². The summed E-state index contributed by atoms with van der Waals surface area (Å²) in [5.41, 5.74) is -1.55. The molecule has 0 aromatic carbocycles. The molecule has 0 aromatic rings. The third kappa shape index (κ3) is 3.82. The highest BCUT2D eigenvalue weighted by Crippen LogP contribution is 2.70. The second-order valence-electron chi connectivity index (χ2n) is 13.9. The van der Waals surface area contributed by atoms with E-state index in [-0.39, 0.29) is 60.8 Å². The summed E-state index contributed by atoms with van der Waals surface area (Å²) in [5.74, 6) is -2.45. The van der Waals surface area contributed by atoms with Crippen LogP contribution in [0.2, 0.25) is 0 Å². The number of rotatable bonds is 6. The van der Waals surface area contributed by atoms with Crippen molar-refractivity contribution in [2.24, 2.45) is 45.3 Å². The molecule has 2 fully saturated rings. The maximum Gasteiger partial charge on any atom is 0.306 e. The normalized spacial score (nSPS) is 42.5. The summed E-state index contributed by atoms with van der Waals surface area (Å²) in [7, 11) is 0. The van der Waals surface area contributed by atoms with Gasteiger partial charge in [-0.25, -0.2) is 0 Å². The number of carboxylic acid groups (broad SMARTS) is 1. The topological polar surface area (TPSA) is 129 Å². The number of aliphatic carboxylic acids is 1. The van der Waals surface area contributed by atoms with Crippen LogP contribution in [0.15, 0.2) is 11.1 Å². The van der Waals surface area contributed by atoms with Crippen molar-refractivity contribution < 1.29 is 34.5 Å². The fourth-order valence-corrected chi connectivity index (χ4v) is 9.12. The number of hydrogen-bond acceptors (Lipinski definition) is 6. The fourth-order valence-electron chi connectivity index (χ4n) is 9.12. The van der Waals surface area contributed by atoms with Crippen LogP contribution in [0.4, 0.5) is 0 Å². The molecule has 0 heterocycles. The summed E-state index contributed by atoms with van der Waals surface area (Å²) < 4.78 is 0. The van der Waals surface area contributed by atoms with Gasteiger partial charge in [-0.1, -0.05) is 41.5 Å². The van der Waals surface area contributed by atoms with Gasteiger partial charge in [0.2, 0.25) is 0 Å². The van der Waals surface area contributed by atoms with Crippen LogP contribution in [0.3, 0.4) is 0 Å². The first kappa shape index (κ1) is 28.2. The molecule has 7 heteroatoms. The number of Topliss-reactive ketones (excluding diaryl/α,β-unsaturated/α-hetero) is 3. The van der Waals surface area contributed by atoms with Gasteiger partial charge in [-0.05, 0) is 65.8 Å². The van der Waals surface area contributed by atoms with E-state index in [1.165, 1.54) is 6.92 Å². The molecular formula is C30H44O7. The van der Waals surface area contributed by atoms with Crippen LogP contribution >= 0.6 is 0 Å². The minimum Gasteiger partial charge on any atom is -0.481 e. The molecule has 37 heavy (non-hydrogen) atoms. The number of carboxylic acids is 1. The molecule has 206 valence electrons. The number of carbonyl (C=O) groups excluding carboxylic acids is 3. The highest BCUT2D eigenvalue weighted by molar-refractivity contribution is 6.05. The second kappa shape index (κ2) is 8.84. The average molecular weight is 517 g/mol. The van der Waals surface area contributed by atoms with Crippen LogP contribution in [0.25, 0.3) is 0 Å². The van der Waals surface area contributed by atoms with Crippen LogP contribution in [-0.4, -0.2) is 50.8 Å². The fraction of sp³-hybridized carbons (Fsp3) is 0.800.